The van der Waals surface area contributed by atoms with Gasteiger partial charge in [0.25, 0.3) is 11.8 Å². The van der Waals surface area contributed by atoms with Crippen molar-refractivity contribution < 1.29 is 19.1 Å². The molecule has 0 saturated carbocycles. The van der Waals surface area contributed by atoms with Crippen LogP contribution < -0.4 is 15.0 Å². The van der Waals surface area contributed by atoms with Crippen LogP contribution in [0.25, 0.3) is 16.8 Å². The SMILES string of the molecule is COc1ccccc1N1C(=O)NC(=O)/C(=C\c2cccc3ccccc23)C1=O. The van der Waals surface area contributed by atoms with Crippen LogP contribution in [-0.2, 0) is 9.59 Å². The van der Waals surface area contributed by atoms with Crippen LogP contribution >= 0.6 is 0 Å². The van der Waals surface area contributed by atoms with Crippen molar-refractivity contribution in [3.8, 4) is 5.75 Å². The first kappa shape index (κ1) is 17.5. The van der Waals surface area contributed by atoms with Crippen LogP contribution in [0.3, 0.4) is 0 Å². The first-order valence-electron chi connectivity index (χ1n) is 8.62. The molecule has 4 amide bonds. The largest absolute Gasteiger partial charge is 0.495 e. The number of carbonyl (C=O) groups excluding carboxylic acids is 3. The molecule has 0 aliphatic carbocycles. The Balaban J connectivity index is 1.83. The Bertz CT molecular complexity index is 1140. The lowest BCUT2D eigenvalue weighted by Gasteiger charge is -2.27. The molecule has 4 rings (SSSR count). The first-order valence-corrected chi connectivity index (χ1v) is 8.62. The maximum absolute atomic E-state index is 13.1. The number of ether oxygens (including phenoxy) is 1. The minimum Gasteiger partial charge on any atom is -0.495 e. The van der Waals surface area contributed by atoms with Crippen molar-refractivity contribution >= 4 is 40.4 Å². The number of methoxy groups -OCH3 is 1. The fourth-order valence-electron chi connectivity index (χ4n) is 3.22. The summed E-state index contributed by atoms with van der Waals surface area (Å²) < 4.78 is 5.25. The second-order valence-corrected chi connectivity index (χ2v) is 6.20. The summed E-state index contributed by atoms with van der Waals surface area (Å²) in [6.45, 7) is 0. The summed E-state index contributed by atoms with van der Waals surface area (Å²) in [6, 6.07) is 19.1. The molecule has 1 aliphatic rings. The molecule has 1 heterocycles. The number of hydrogen-bond acceptors (Lipinski definition) is 4. The molecule has 0 radical (unpaired) electrons. The van der Waals surface area contributed by atoms with E-state index >= 15 is 0 Å². The molecule has 0 aromatic heterocycles. The van der Waals surface area contributed by atoms with E-state index in [9.17, 15) is 14.4 Å². The molecule has 1 aliphatic heterocycles. The van der Waals surface area contributed by atoms with E-state index in [1.165, 1.54) is 13.2 Å². The molecule has 0 bridgehead atoms. The third kappa shape index (κ3) is 2.91. The molecular formula is C22H16N2O4. The van der Waals surface area contributed by atoms with Gasteiger partial charge in [-0.15, -0.1) is 0 Å². The van der Waals surface area contributed by atoms with Crippen molar-refractivity contribution in [1.29, 1.82) is 0 Å². The number of urea groups is 1. The molecule has 6 heteroatoms. The van der Waals surface area contributed by atoms with Crippen LogP contribution in [0.1, 0.15) is 5.56 Å². The van der Waals surface area contributed by atoms with E-state index in [-0.39, 0.29) is 11.3 Å². The number of nitrogens with zero attached hydrogens (tertiary/aromatic N) is 1. The Morgan fingerprint density at radius 1 is 0.893 bits per heavy atom. The number of fused-ring (bicyclic) bond motifs is 1. The zero-order chi connectivity index (χ0) is 19.7. The number of rotatable bonds is 3. The summed E-state index contributed by atoms with van der Waals surface area (Å²) in [5.74, 6) is -1.08. The number of para-hydroxylation sites is 2. The van der Waals surface area contributed by atoms with Crippen LogP contribution in [0.2, 0.25) is 0 Å². The van der Waals surface area contributed by atoms with Gasteiger partial charge in [-0.25, -0.2) is 9.69 Å². The molecule has 0 atom stereocenters. The zero-order valence-electron chi connectivity index (χ0n) is 15.0. The Hall–Kier alpha value is -3.93. The molecule has 6 nitrogen and oxygen atoms in total. The average Bonchev–Trinajstić information content (AvgIpc) is 2.71. The Kier molecular flexibility index (Phi) is 4.37. The zero-order valence-corrected chi connectivity index (χ0v) is 15.0. The minimum absolute atomic E-state index is 0.123. The number of benzene rings is 3. The molecule has 28 heavy (non-hydrogen) atoms. The van der Waals surface area contributed by atoms with Gasteiger partial charge in [0.1, 0.15) is 11.3 Å². The standard InChI is InChI=1S/C22H16N2O4/c1-28-19-12-5-4-11-18(19)24-21(26)17(20(25)23-22(24)27)13-15-9-6-8-14-7-2-3-10-16(14)15/h2-13H,1H3,(H,23,25,27)/b17-13+. The van der Waals surface area contributed by atoms with Crippen LogP contribution in [0, 0.1) is 0 Å². The van der Waals surface area contributed by atoms with Crippen molar-refractivity contribution in [3.05, 3.63) is 77.9 Å². The molecular weight excluding hydrogens is 356 g/mol. The van der Waals surface area contributed by atoms with E-state index in [1.54, 1.807) is 24.3 Å². The maximum atomic E-state index is 13.1. The summed E-state index contributed by atoms with van der Waals surface area (Å²) in [6.07, 6.45) is 1.51. The van der Waals surface area contributed by atoms with Crippen LogP contribution in [0.15, 0.2) is 72.3 Å². The molecule has 3 aromatic carbocycles. The van der Waals surface area contributed by atoms with Gasteiger partial charge in [0.05, 0.1) is 12.8 Å². The second kappa shape index (κ2) is 7.00. The van der Waals surface area contributed by atoms with Crippen LogP contribution in [0.4, 0.5) is 10.5 Å². The van der Waals surface area contributed by atoms with Gasteiger partial charge in [0.2, 0.25) is 0 Å². The molecule has 1 N–H and O–H groups in total. The van der Waals surface area contributed by atoms with Crippen LogP contribution in [-0.4, -0.2) is 25.0 Å². The highest BCUT2D eigenvalue weighted by atomic mass is 16.5. The third-order valence-electron chi connectivity index (χ3n) is 4.55. The fourth-order valence-corrected chi connectivity index (χ4v) is 3.22. The van der Waals surface area contributed by atoms with E-state index in [4.69, 9.17) is 4.74 Å². The first-order chi connectivity index (χ1) is 13.6. The maximum Gasteiger partial charge on any atom is 0.336 e. The van der Waals surface area contributed by atoms with Crippen molar-refractivity contribution in [2.24, 2.45) is 0 Å². The summed E-state index contributed by atoms with van der Waals surface area (Å²) in [7, 11) is 1.45. The van der Waals surface area contributed by atoms with Gasteiger partial charge in [-0.2, -0.15) is 0 Å². The number of hydrogen-bond donors (Lipinski definition) is 1. The second-order valence-electron chi connectivity index (χ2n) is 6.20. The Morgan fingerprint density at radius 2 is 1.61 bits per heavy atom. The normalized spacial score (nSPS) is 15.8. The number of amides is 4. The van der Waals surface area contributed by atoms with Crippen molar-refractivity contribution in [1.82, 2.24) is 5.32 Å². The van der Waals surface area contributed by atoms with Gasteiger partial charge < -0.3 is 4.74 Å². The smallest absolute Gasteiger partial charge is 0.336 e. The Labute approximate surface area is 161 Å². The number of anilines is 1. The van der Waals surface area contributed by atoms with Gasteiger partial charge in [-0.05, 0) is 34.5 Å². The highest BCUT2D eigenvalue weighted by Crippen LogP contribution is 2.31. The number of barbiturate groups is 1. The Morgan fingerprint density at radius 3 is 2.43 bits per heavy atom. The highest BCUT2D eigenvalue weighted by Gasteiger charge is 2.38. The molecule has 3 aromatic rings. The lowest BCUT2D eigenvalue weighted by molar-refractivity contribution is -0.122. The number of carbonyl (C=O) groups is 3. The predicted molar refractivity (Wildman–Crippen MR) is 106 cm³/mol. The van der Waals surface area contributed by atoms with Crippen molar-refractivity contribution in [2.75, 3.05) is 12.0 Å². The van der Waals surface area contributed by atoms with E-state index in [0.717, 1.165) is 15.7 Å². The van der Waals surface area contributed by atoms with Crippen molar-refractivity contribution in [2.45, 2.75) is 0 Å². The molecule has 0 unspecified atom stereocenters. The molecule has 138 valence electrons. The highest BCUT2D eigenvalue weighted by molar-refractivity contribution is 6.39. The minimum atomic E-state index is -0.811. The summed E-state index contributed by atoms with van der Waals surface area (Å²) in [5, 5.41) is 4.12. The van der Waals surface area contributed by atoms with E-state index in [0.29, 0.717) is 11.3 Å². The summed E-state index contributed by atoms with van der Waals surface area (Å²) >= 11 is 0. The third-order valence-corrected chi connectivity index (χ3v) is 4.55. The fraction of sp³-hybridized carbons (Fsp3) is 0.0455. The van der Waals surface area contributed by atoms with Gasteiger partial charge in [0, 0.05) is 0 Å². The van der Waals surface area contributed by atoms with Gasteiger partial charge >= 0.3 is 6.03 Å². The van der Waals surface area contributed by atoms with Crippen molar-refractivity contribution in [3.63, 3.8) is 0 Å². The van der Waals surface area contributed by atoms with Crippen LogP contribution in [0.5, 0.6) is 5.75 Å². The van der Waals surface area contributed by atoms with E-state index in [1.807, 2.05) is 42.5 Å². The van der Waals surface area contributed by atoms with Gasteiger partial charge in [0.15, 0.2) is 0 Å². The summed E-state index contributed by atoms with van der Waals surface area (Å²) in [4.78, 5) is 38.8. The van der Waals surface area contributed by atoms with E-state index < -0.39 is 17.8 Å². The van der Waals surface area contributed by atoms with E-state index in [2.05, 4.69) is 5.32 Å². The number of nitrogens with one attached hydrogen (secondary N) is 1. The predicted octanol–water partition coefficient (Wildman–Crippen LogP) is 3.51. The van der Waals surface area contributed by atoms with Gasteiger partial charge in [-0.3, -0.25) is 14.9 Å². The summed E-state index contributed by atoms with van der Waals surface area (Å²) in [5.41, 5.74) is 0.858. The lowest BCUT2D eigenvalue weighted by Crippen LogP contribution is -2.54. The molecule has 0 spiro atoms. The van der Waals surface area contributed by atoms with Gasteiger partial charge in [-0.1, -0.05) is 54.6 Å². The molecule has 1 saturated heterocycles. The monoisotopic (exact) mass is 372 g/mol. The quantitative estimate of drug-likeness (QED) is 0.564. The topological polar surface area (TPSA) is 75.7 Å². The average molecular weight is 372 g/mol. The lowest BCUT2D eigenvalue weighted by atomic mass is 10.0. The number of imide groups is 2. The molecule has 1 fully saturated rings.